The number of aliphatic hydroxyl groups excluding tert-OH is 1. The molecular weight excluding hydrogens is 1700 g/mol. The summed E-state index contributed by atoms with van der Waals surface area (Å²) in [6.45, 7) is 18.3. The third-order valence-electron chi connectivity index (χ3n) is 26.8. The zero-order chi connectivity index (χ0) is 91.3. The summed E-state index contributed by atoms with van der Waals surface area (Å²) in [7, 11) is 0. The van der Waals surface area contributed by atoms with Crippen molar-refractivity contribution in [3.63, 3.8) is 0 Å². The standard InChI is InChI=1S/C26H23N5O.C22H25N3O.C19H18F3N3O2.C19H18F3N3O.C18H19N3O/c1-2-32-19-7-6-18-13-30-25(20(18)12-19)17-8-10-29-24(11-17)31-14-21-22(15-31)26(21,16-27)23-5-3-4-9-28-23;1-2-26-19-9-6-16-14-24-22(20(16)13-19)15-10-11-23-21(12-15)25-17-4-3-5-18(25)8-7-17;20-19(21,22)27-15-2-1-13-11-24-18(16(13)10-15)12-3-6-23-17(9-12)25-7-4-14(26)5-8-25;20-19(21,22)26-15-5-4-14-12-24-18(16(14)11-15)13-6-7-23-17(10-13)25-8-2-1-3-9-25;1-2-22-15-5-4-14-12-20-18(16(14)11-15)13-6-7-19-17(10-13)21-8-3-9-21/h3-12,21-22H,2,13-15H2,1H3;6,9-13,17-18H,2-5,7-8,14H2,1H3;1-3,6,9-10,14,26H,4-5,7-8,11H2;4-7,10-11H,1-3,8-9,12H2;4-7,10-11H,2-3,8-9,12H2,1H3. The highest BCUT2D eigenvalue weighted by Crippen LogP contribution is 2.63. The van der Waals surface area contributed by atoms with E-state index in [1.807, 2.05) is 106 Å². The van der Waals surface area contributed by atoms with Crippen LogP contribution in [0, 0.1) is 23.2 Å². The summed E-state index contributed by atoms with van der Waals surface area (Å²) < 4.78 is 100. The van der Waals surface area contributed by atoms with E-state index in [0.29, 0.717) is 112 Å². The van der Waals surface area contributed by atoms with Gasteiger partial charge in [0.05, 0.1) is 99.0 Å². The molecule has 6 saturated heterocycles. The van der Waals surface area contributed by atoms with Crippen LogP contribution in [-0.4, -0.2) is 167 Å². The van der Waals surface area contributed by atoms with Crippen molar-refractivity contribution in [2.75, 3.05) is 96.7 Å². The highest BCUT2D eigenvalue weighted by molar-refractivity contribution is 6.18. The maximum Gasteiger partial charge on any atom is 0.573 e. The number of rotatable bonds is 19. The molecule has 12 aliphatic rings. The predicted molar refractivity (Wildman–Crippen MR) is 501 cm³/mol. The molecule has 0 radical (unpaired) electrons. The number of piperidine rings is 4. The van der Waals surface area contributed by atoms with Crippen molar-refractivity contribution in [3.8, 4) is 34.8 Å². The number of nitrogens with zero attached hydrogens (tertiary/aromatic N) is 17. The average molecular weight is 1800 g/mol. The van der Waals surface area contributed by atoms with Gasteiger partial charge in [0.25, 0.3) is 0 Å². The molecule has 1 aliphatic carbocycles. The lowest BCUT2D eigenvalue weighted by Crippen LogP contribution is -2.40. The third-order valence-corrected chi connectivity index (χ3v) is 26.8. The molecule has 5 aromatic carbocycles. The minimum Gasteiger partial charge on any atom is -0.494 e. The molecule has 11 aliphatic heterocycles. The lowest BCUT2D eigenvalue weighted by Gasteiger charge is -2.36. The Kier molecular flexibility index (Phi) is 25.8. The number of anilines is 5. The first kappa shape index (κ1) is 88.6. The van der Waals surface area contributed by atoms with Crippen molar-refractivity contribution in [1.29, 1.82) is 5.26 Å². The topological polar surface area (TPSA) is 246 Å². The molecule has 4 unspecified atom stereocenters. The first-order valence-corrected chi connectivity index (χ1v) is 46.2. The lowest BCUT2D eigenvalue weighted by atomic mass is 9.96. The summed E-state index contributed by atoms with van der Waals surface area (Å²) in [5.41, 5.74) is 20.3. The molecule has 0 spiro atoms. The molecule has 2 bridgehead atoms. The molecule has 7 fully saturated rings. The molecule has 29 heteroatoms. The van der Waals surface area contributed by atoms with E-state index < -0.39 is 18.1 Å². The number of benzene rings is 5. The number of ether oxygens (including phenoxy) is 5. The van der Waals surface area contributed by atoms with E-state index >= 15 is 0 Å². The number of halogens is 6. The van der Waals surface area contributed by atoms with Crippen LogP contribution in [-0.2, 0) is 38.1 Å². The molecule has 11 aromatic rings. The molecule has 1 saturated carbocycles. The van der Waals surface area contributed by atoms with Crippen LogP contribution in [0.2, 0.25) is 0 Å². The molecule has 23 rings (SSSR count). The van der Waals surface area contributed by atoms with Crippen LogP contribution >= 0.6 is 0 Å². The number of alkyl halides is 6. The molecule has 17 heterocycles. The van der Waals surface area contributed by atoms with Crippen molar-refractivity contribution in [1.82, 2.24) is 29.9 Å². The fraction of sp³-hybridized carbons (Fsp3) is 0.365. The predicted octanol–water partition coefficient (Wildman–Crippen LogP) is 18.8. The number of aliphatic imine (C=N–C) groups is 5. The van der Waals surface area contributed by atoms with Gasteiger partial charge < -0.3 is 53.3 Å². The normalized spacial score (nSPS) is 20.2. The van der Waals surface area contributed by atoms with E-state index in [4.69, 9.17) is 34.2 Å². The Hall–Kier alpha value is -13.6. The first-order chi connectivity index (χ1) is 64.8. The van der Waals surface area contributed by atoms with Crippen LogP contribution in [0.15, 0.2) is 232 Å². The van der Waals surface area contributed by atoms with E-state index in [9.17, 15) is 36.7 Å². The van der Waals surface area contributed by atoms with Gasteiger partial charge in [-0.3, -0.25) is 29.9 Å². The van der Waals surface area contributed by atoms with Crippen LogP contribution in [0.4, 0.5) is 55.4 Å². The van der Waals surface area contributed by atoms with Crippen LogP contribution in [0.1, 0.15) is 181 Å². The van der Waals surface area contributed by atoms with Gasteiger partial charge in [0, 0.05) is 169 Å². The minimum absolute atomic E-state index is 0.226. The Balaban J connectivity index is 0.000000108. The van der Waals surface area contributed by atoms with E-state index in [0.717, 1.165) is 173 Å². The van der Waals surface area contributed by atoms with E-state index in [-0.39, 0.29) is 17.6 Å². The summed E-state index contributed by atoms with van der Waals surface area (Å²) in [5.74, 6) is 7.62. The van der Waals surface area contributed by atoms with Gasteiger partial charge in [-0.15, -0.1) is 26.3 Å². The zero-order valence-corrected chi connectivity index (χ0v) is 74.5. The smallest absolute Gasteiger partial charge is 0.494 e. The van der Waals surface area contributed by atoms with Crippen LogP contribution in [0.25, 0.3) is 0 Å². The van der Waals surface area contributed by atoms with Crippen molar-refractivity contribution in [2.45, 2.75) is 160 Å². The van der Waals surface area contributed by atoms with Crippen molar-refractivity contribution >= 4 is 57.6 Å². The molecule has 0 amide bonds. The van der Waals surface area contributed by atoms with Crippen molar-refractivity contribution in [3.05, 3.63) is 296 Å². The molecular formula is C104H103F6N17O6. The van der Waals surface area contributed by atoms with Gasteiger partial charge in [-0.05, 0) is 253 Å². The van der Waals surface area contributed by atoms with Gasteiger partial charge in [-0.2, -0.15) is 5.26 Å². The lowest BCUT2D eigenvalue weighted by molar-refractivity contribution is -0.275. The highest BCUT2D eigenvalue weighted by atomic mass is 19.4. The average Bonchev–Trinajstić information content (AvgIpc) is 1.51. The maximum atomic E-state index is 12.5. The third kappa shape index (κ3) is 19.4. The number of aromatic nitrogens is 6. The second kappa shape index (κ2) is 38.7. The van der Waals surface area contributed by atoms with E-state index in [1.165, 1.54) is 103 Å². The van der Waals surface area contributed by atoms with Crippen LogP contribution in [0.5, 0.6) is 28.7 Å². The highest BCUT2D eigenvalue weighted by Gasteiger charge is 2.71. The van der Waals surface area contributed by atoms with E-state index in [1.54, 1.807) is 36.8 Å². The zero-order valence-electron chi connectivity index (χ0n) is 74.5. The summed E-state index contributed by atoms with van der Waals surface area (Å²) in [6.07, 6.45) is 14.0. The second-order valence-corrected chi connectivity index (χ2v) is 35.0. The van der Waals surface area contributed by atoms with Crippen LogP contribution in [0.3, 0.4) is 0 Å². The van der Waals surface area contributed by atoms with Gasteiger partial charge in [-0.25, -0.2) is 24.9 Å². The largest absolute Gasteiger partial charge is 0.573 e. The molecule has 682 valence electrons. The first-order valence-electron chi connectivity index (χ1n) is 46.2. The number of hydrogen-bond acceptors (Lipinski definition) is 23. The maximum absolute atomic E-state index is 12.5. The summed E-state index contributed by atoms with van der Waals surface area (Å²) >= 11 is 0. The number of pyridine rings is 6. The Morgan fingerprint density at radius 3 is 1.04 bits per heavy atom. The number of hydrogen-bond donors (Lipinski definition) is 1. The minimum atomic E-state index is -4.73. The van der Waals surface area contributed by atoms with Gasteiger partial charge in [0.15, 0.2) is 0 Å². The Labute approximate surface area is 768 Å². The van der Waals surface area contributed by atoms with Crippen LogP contribution < -0.4 is 48.2 Å². The number of nitriles is 1. The Bertz CT molecular complexity index is 6290. The SMILES string of the molecule is CCOc1ccc2c(c1)C(c1ccnc(N3C4CCCC3CC4)c1)=NC2.CCOc1ccc2c(c1)C(c1ccnc(N3CC4C(C3)C4(C#N)c3ccccn3)c1)=NC2.CCOc1ccc2c(c1)C(c1ccnc(N3CCC3)c1)=NC2.FC(F)(F)Oc1ccc2c(c1)C(c1ccnc(N3CCCCC3)c1)=NC2.OC1CCN(c2cc(C3=NCc4ccc(OC(F)(F)F)cc43)ccn2)CC1. The number of fused-ring (bicyclic) bond motifs is 8. The fourth-order valence-electron chi connectivity index (χ4n) is 20.2. The quantitative estimate of drug-likeness (QED) is 0.0739. The van der Waals surface area contributed by atoms with Gasteiger partial charge in [-0.1, -0.05) is 36.4 Å². The summed E-state index contributed by atoms with van der Waals surface area (Å²) in [5, 5.41) is 19.6. The summed E-state index contributed by atoms with van der Waals surface area (Å²) in [6, 6.07) is 57.4. The van der Waals surface area contributed by atoms with Crippen molar-refractivity contribution in [2.24, 2.45) is 36.8 Å². The molecule has 6 aromatic heterocycles. The monoisotopic (exact) mass is 1800 g/mol. The summed E-state index contributed by atoms with van der Waals surface area (Å²) in [4.78, 5) is 62.1. The Morgan fingerprint density at radius 2 is 0.699 bits per heavy atom. The second-order valence-electron chi connectivity index (χ2n) is 35.0. The van der Waals surface area contributed by atoms with Crippen molar-refractivity contribution < 1.29 is 55.1 Å². The fourth-order valence-corrected chi connectivity index (χ4v) is 20.2. The van der Waals surface area contributed by atoms with Gasteiger partial charge in [0.1, 0.15) is 63.3 Å². The molecule has 23 nitrogen and oxygen atoms in total. The number of aliphatic hydroxyl groups is 1. The molecule has 1 N–H and O–H groups in total. The Morgan fingerprint density at radius 1 is 0.361 bits per heavy atom. The molecule has 133 heavy (non-hydrogen) atoms. The van der Waals surface area contributed by atoms with E-state index in [2.05, 4.69) is 136 Å². The van der Waals surface area contributed by atoms with Gasteiger partial charge >= 0.3 is 12.7 Å². The molecule has 4 atom stereocenters. The van der Waals surface area contributed by atoms with Gasteiger partial charge in [0.2, 0.25) is 0 Å².